The average Bonchev–Trinajstić information content (AvgIpc) is 2.86. The van der Waals surface area contributed by atoms with Gasteiger partial charge in [0.05, 0.1) is 11.4 Å². The highest BCUT2D eigenvalue weighted by Gasteiger charge is 2.16. The minimum atomic E-state index is -0.498. The first kappa shape index (κ1) is 12.1. The molecule has 1 amide bonds. The van der Waals surface area contributed by atoms with Gasteiger partial charge < -0.3 is 11.1 Å². The number of benzene rings is 1. The first-order valence-electron chi connectivity index (χ1n) is 5.43. The van der Waals surface area contributed by atoms with Crippen molar-refractivity contribution in [2.24, 2.45) is 0 Å². The number of nitrogens with two attached hydrogens (primary N) is 1. The number of nitrogens with one attached hydrogen (secondary N) is 1. The highest BCUT2D eigenvalue weighted by Crippen LogP contribution is 2.20. The Balaban J connectivity index is 2.14. The van der Waals surface area contributed by atoms with Crippen LogP contribution in [0.2, 0.25) is 0 Å². The number of hydrogen-bond donors (Lipinski definition) is 2. The van der Waals surface area contributed by atoms with Crippen molar-refractivity contribution in [2.45, 2.75) is 13.0 Å². The molecule has 1 aromatic heterocycles. The quantitative estimate of drug-likeness (QED) is 0.813. The van der Waals surface area contributed by atoms with Gasteiger partial charge in [-0.3, -0.25) is 9.48 Å². The third-order valence-electron chi connectivity index (χ3n) is 2.57. The molecule has 0 radical (unpaired) electrons. The van der Waals surface area contributed by atoms with E-state index in [0.29, 0.717) is 5.69 Å². The summed E-state index contributed by atoms with van der Waals surface area (Å²) in [6, 6.07) is 5.05. The van der Waals surface area contributed by atoms with Gasteiger partial charge in [0.2, 0.25) is 5.91 Å². The van der Waals surface area contributed by atoms with Crippen LogP contribution in [0.5, 0.6) is 0 Å². The number of rotatable bonds is 3. The SMILES string of the molecule is CC(C(=O)Nc1cc(F)ccc1N)n1cccn1. The van der Waals surface area contributed by atoms with Crippen LogP contribution in [0.1, 0.15) is 13.0 Å². The van der Waals surface area contributed by atoms with E-state index in [9.17, 15) is 9.18 Å². The maximum atomic E-state index is 13.0. The van der Waals surface area contributed by atoms with E-state index in [2.05, 4.69) is 10.4 Å². The number of halogens is 1. The highest BCUT2D eigenvalue weighted by atomic mass is 19.1. The summed E-state index contributed by atoms with van der Waals surface area (Å²) in [7, 11) is 0. The van der Waals surface area contributed by atoms with E-state index in [1.807, 2.05) is 0 Å². The summed E-state index contributed by atoms with van der Waals surface area (Å²) in [5.41, 5.74) is 6.23. The summed E-state index contributed by atoms with van der Waals surface area (Å²) < 4.78 is 14.6. The van der Waals surface area contributed by atoms with Crippen molar-refractivity contribution >= 4 is 17.3 Å². The van der Waals surface area contributed by atoms with E-state index in [1.54, 1.807) is 25.4 Å². The summed E-state index contributed by atoms with van der Waals surface area (Å²) in [6.07, 6.45) is 3.26. The van der Waals surface area contributed by atoms with E-state index >= 15 is 0 Å². The lowest BCUT2D eigenvalue weighted by Gasteiger charge is -2.13. The smallest absolute Gasteiger partial charge is 0.249 e. The van der Waals surface area contributed by atoms with Gasteiger partial charge in [0.15, 0.2) is 0 Å². The maximum Gasteiger partial charge on any atom is 0.249 e. The first-order valence-corrected chi connectivity index (χ1v) is 5.43. The van der Waals surface area contributed by atoms with Crippen LogP contribution in [0, 0.1) is 5.82 Å². The van der Waals surface area contributed by atoms with Gasteiger partial charge in [0, 0.05) is 12.4 Å². The van der Waals surface area contributed by atoms with Crippen molar-refractivity contribution in [1.29, 1.82) is 0 Å². The average molecular weight is 248 g/mol. The Hall–Kier alpha value is -2.37. The lowest BCUT2D eigenvalue weighted by molar-refractivity contribution is -0.119. The molecule has 0 fully saturated rings. The van der Waals surface area contributed by atoms with Gasteiger partial charge in [-0.15, -0.1) is 0 Å². The van der Waals surface area contributed by atoms with Gasteiger partial charge in [-0.1, -0.05) is 0 Å². The Morgan fingerprint density at radius 1 is 1.56 bits per heavy atom. The molecule has 0 bridgehead atoms. The predicted octanol–water partition coefficient (Wildman–Crippen LogP) is 1.80. The number of aromatic nitrogens is 2. The second-order valence-corrected chi connectivity index (χ2v) is 3.88. The number of amides is 1. The van der Waals surface area contributed by atoms with Crippen LogP contribution >= 0.6 is 0 Å². The van der Waals surface area contributed by atoms with Crippen molar-refractivity contribution < 1.29 is 9.18 Å². The van der Waals surface area contributed by atoms with E-state index in [4.69, 9.17) is 5.73 Å². The van der Waals surface area contributed by atoms with E-state index in [1.165, 1.54) is 22.9 Å². The summed E-state index contributed by atoms with van der Waals surface area (Å²) in [6.45, 7) is 1.69. The minimum Gasteiger partial charge on any atom is -0.397 e. The topological polar surface area (TPSA) is 72.9 Å². The molecule has 0 spiro atoms. The van der Waals surface area contributed by atoms with Crippen LogP contribution in [-0.4, -0.2) is 15.7 Å². The van der Waals surface area contributed by atoms with Crippen LogP contribution in [0.25, 0.3) is 0 Å². The van der Waals surface area contributed by atoms with E-state index in [0.717, 1.165) is 0 Å². The van der Waals surface area contributed by atoms with Crippen molar-refractivity contribution in [3.63, 3.8) is 0 Å². The minimum absolute atomic E-state index is 0.263. The third-order valence-corrected chi connectivity index (χ3v) is 2.57. The molecule has 0 saturated carbocycles. The summed E-state index contributed by atoms with van der Waals surface area (Å²) in [4.78, 5) is 11.9. The zero-order valence-corrected chi connectivity index (χ0v) is 9.80. The molecule has 6 heteroatoms. The second kappa shape index (κ2) is 4.87. The fraction of sp³-hybridized carbons (Fsp3) is 0.167. The molecular weight excluding hydrogens is 235 g/mol. The van der Waals surface area contributed by atoms with Crippen LogP contribution in [0.15, 0.2) is 36.7 Å². The fourth-order valence-corrected chi connectivity index (χ4v) is 1.50. The molecular formula is C12H13FN4O. The normalized spacial score (nSPS) is 12.1. The van der Waals surface area contributed by atoms with Crippen LogP contribution in [0.3, 0.4) is 0 Å². The Morgan fingerprint density at radius 3 is 3.00 bits per heavy atom. The maximum absolute atomic E-state index is 13.0. The number of carbonyl (C=O) groups is 1. The molecule has 1 atom stereocenters. The molecule has 0 aliphatic carbocycles. The largest absolute Gasteiger partial charge is 0.397 e. The predicted molar refractivity (Wildman–Crippen MR) is 66.4 cm³/mol. The lowest BCUT2D eigenvalue weighted by atomic mass is 10.2. The third kappa shape index (κ3) is 2.48. The number of carbonyl (C=O) groups excluding carboxylic acids is 1. The zero-order valence-electron chi connectivity index (χ0n) is 9.80. The molecule has 94 valence electrons. The van der Waals surface area contributed by atoms with Gasteiger partial charge in [0.25, 0.3) is 0 Å². The van der Waals surface area contributed by atoms with Crippen molar-refractivity contribution in [3.8, 4) is 0 Å². The van der Waals surface area contributed by atoms with Crippen LogP contribution in [0.4, 0.5) is 15.8 Å². The Labute approximate surface area is 103 Å². The lowest BCUT2D eigenvalue weighted by Crippen LogP contribution is -2.24. The van der Waals surface area contributed by atoms with Gasteiger partial charge in [-0.05, 0) is 31.2 Å². The van der Waals surface area contributed by atoms with E-state index < -0.39 is 11.9 Å². The highest BCUT2D eigenvalue weighted by molar-refractivity contribution is 5.96. The number of anilines is 2. The molecule has 2 aromatic rings. The van der Waals surface area contributed by atoms with Gasteiger partial charge in [-0.2, -0.15) is 5.10 Å². The van der Waals surface area contributed by atoms with Crippen LogP contribution in [-0.2, 0) is 4.79 Å². The summed E-state index contributed by atoms with van der Waals surface area (Å²) >= 11 is 0. The molecule has 18 heavy (non-hydrogen) atoms. The zero-order chi connectivity index (χ0) is 13.1. The van der Waals surface area contributed by atoms with Crippen molar-refractivity contribution in [2.75, 3.05) is 11.1 Å². The van der Waals surface area contributed by atoms with E-state index in [-0.39, 0.29) is 11.6 Å². The van der Waals surface area contributed by atoms with Crippen molar-refractivity contribution in [1.82, 2.24) is 9.78 Å². The summed E-state index contributed by atoms with van der Waals surface area (Å²) in [5, 5.41) is 6.54. The Bertz CT molecular complexity index is 553. The second-order valence-electron chi connectivity index (χ2n) is 3.88. The van der Waals surface area contributed by atoms with Gasteiger partial charge in [-0.25, -0.2) is 4.39 Å². The molecule has 3 N–H and O–H groups in total. The van der Waals surface area contributed by atoms with Crippen molar-refractivity contribution in [3.05, 3.63) is 42.5 Å². The van der Waals surface area contributed by atoms with Gasteiger partial charge in [0.1, 0.15) is 11.9 Å². The molecule has 5 nitrogen and oxygen atoms in total. The first-order chi connectivity index (χ1) is 8.58. The fourth-order valence-electron chi connectivity index (χ4n) is 1.50. The number of nitrogen functional groups attached to an aromatic ring is 1. The Kier molecular flexibility index (Phi) is 3.27. The number of hydrogen-bond acceptors (Lipinski definition) is 3. The van der Waals surface area contributed by atoms with Gasteiger partial charge >= 0.3 is 0 Å². The Morgan fingerprint density at radius 2 is 2.33 bits per heavy atom. The standard InChI is InChI=1S/C12H13FN4O/c1-8(17-6-2-5-15-17)12(18)16-11-7-9(13)3-4-10(11)14/h2-8H,14H2,1H3,(H,16,18). The molecule has 2 rings (SSSR count). The summed E-state index contributed by atoms with van der Waals surface area (Å²) in [5.74, 6) is -0.762. The molecule has 1 aromatic carbocycles. The molecule has 0 saturated heterocycles. The monoisotopic (exact) mass is 248 g/mol. The molecule has 0 aliphatic rings. The molecule has 0 aliphatic heterocycles. The molecule has 1 unspecified atom stereocenters. The number of nitrogens with zero attached hydrogens (tertiary/aromatic N) is 2. The van der Waals surface area contributed by atoms with Crippen LogP contribution < -0.4 is 11.1 Å². The molecule has 1 heterocycles.